The average molecular weight is 350 g/mol. The van der Waals surface area contributed by atoms with Crippen LogP contribution in [0.15, 0.2) is 60.7 Å². The van der Waals surface area contributed by atoms with Gasteiger partial charge in [0, 0.05) is 18.7 Å². The summed E-state index contributed by atoms with van der Waals surface area (Å²) in [7, 11) is 0. The summed E-state index contributed by atoms with van der Waals surface area (Å²) in [5.74, 6) is 0.500. The predicted octanol–water partition coefficient (Wildman–Crippen LogP) is 3.81. The number of nitrogens with one attached hydrogen (secondary N) is 1. The molecule has 2 aromatic rings. The van der Waals surface area contributed by atoms with Crippen molar-refractivity contribution in [2.45, 2.75) is 32.2 Å². The molecule has 0 saturated carbocycles. The second-order valence-corrected chi connectivity index (χ2v) is 7.09. The van der Waals surface area contributed by atoms with E-state index in [2.05, 4.69) is 12.2 Å². The SMILES string of the molecule is C[C@@H]1CCCN(C(=O)C[C@@H](NC(=O)c2ccccc2)c2ccccc2)C1. The maximum absolute atomic E-state index is 12.8. The Hall–Kier alpha value is -2.62. The second kappa shape index (κ2) is 8.65. The molecule has 1 heterocycles. The summed E-state index contributed by atoms with van der Waals surface area (Å²) in [6.07, 6.45) is 2.52. The zero-order chi connectivity index (χ0) is 18.4. The molecule has 0 aromatic heterocycles. The Balaban J connectivity index is 1.73. The van der Waals surface area contributed by atoms with Crippen LogP contribution in [0.1, 0.15) is 48.1 Å². The standard InChI is InChI=1S/C22H26N2O2/c1-17-9-8-14-24(16-17)21(25)15-20(18-10-4-2-5-11-18)23-22(26)19-12-6-3-7-13-19/h2-7,10-13,17,20H,8-9,14-16H2,1H3,(H,23,26)/t17-,20-/m1/s1. The van der Waals surface area contributed by atoms with Crippen molar-refractivity contribution in [2.24, 2.45) is 5.92 Å². The molecular weight excluding hydrogens is 324 g/mol. The fourth-order valence-electron chi connectivity index (χ4n) is 3.49. The van der Waals surface area contributed by atoms with Gasteiger partial charge in [0.2, 0.25) is 5.91 Å². The molecule has 2 aromatic carbocycles. The molecule has 2 amide bonds. The number of amides is 2. The van der Waals surface area contributed by atoms with E-state index in [-0.39, 0.29) is 24.3 Å². The van der Waals surface area contributed by atoms with Crippen molar-refractivity contribution in [3.05, 3.63) is 71.8 Å². The van der Waals surface area contributed by atoms with Gasteiger partial charge in [-0.25, -0.2) is 0 Å². The summed E-state index contributed by atoms with van der Waals surface area (Å²) in [5.41, 5.74) is 1.56. The first-order chi connectivity index (χ1) is 12.6. The number of benzene rings is 2. The van der Waals surface area contributed by atoms with Gasteiger partial charge in [0.05, 0.1) is 12.5 Å². The maximum atomic E-state index is 12.8. The van der Waals surface area contributed by atoms with Gasteiger partial charge in [-0.05, 0) is 36.5 Å². The molecule has 4 nitrogen and oxygen atoms in total. The van der Waals surface area contributed by atoms with Gasteiger partial charge >= 0.3 is 0 Å². The summed E-state index contributed by atoms with van der Waals surface area (Å²) in [6, 6.07) is 18.5. The number of piperidine rings is 1. The van der Waals surface area contributed by atoms with Crippen molar-refractivity contribution < 1.29 is 9.59 Å². The third-order valence-corrected chi connectivity index (χ3v) is 4.93. The molecule has 0 aliphatic carbocycles. The maximum Gasteiger partial charge on any atom is 0.251 e. The molecule has 26 heavy (non-hydrogen) atoms. The van der Waals surface area contributed by atoms with Gasteiger partial charge in [0.25, 0.3) is 5.91 Å². The van der Waals surface area contributed by atoms with Crippen molar-refractivity contribution in [2.75, 3.05) is 13.1 Å². The van der Waals surface area contributed by atoms with Crippen LogP contribution in [0.5, 0.6) is 0 Å². The number of hydrogen-bond donors (Lipinski definition) is 1. The molecule has 136 valence electrons. The van der Waals surface area contributed by atoms with Gasteiger partial charge in [-0.15, -0.1) is 0 Å². The van der Waals surface area contributed by atoms with Crippen LogP contribution in [0.4, 0.5) is 0 Å². The average Bonchev–Trinajstić information content (AvgIpc) is 2.68. The van der Waals surface area contributed by atoms with E-state index in [1.54, 1.807) is 12.1 Å². The molecule has 4 heteroatoms. The van der Waals surface area contributed by atoms with Gasteiger partial charge in [-0.1, -0.05) is 55.5 Å². The lowest BCUT2D eigenvalue weighted by Crippen LogP contribution is -2.41. The van der Waals surface area contributed by atoms with Crippen LogP contribution in [0, 0.1) is 5.92 Å². The minimum absolute atomic E-state index is 0.110. The number of likely N-dealkylation sites (tertiary alicyclic amines) is 1. The van der Waals surface area contributed by atoms with Gasteiger partial charge in [0.1, 0.15) is 0 Å². The Bertz CT molecular complexity index is 730. The Kier molecular flexibility index (Phi) is 6.05. The largest absolute Gasteiger partial charge is 0.345 e. The number of rotatable bonds is 5. The van der Waals surface area contributed by atoms with E-state index >= 15 is 0 Å². The summed E-state index contributed by atoms with van der Waals surface area (Å²) in [5, 5.41) is 3.04. The van der Waals surface area contributed by atoms with Crippen molar-refractivity contribution in [1.29, 1.82) is 0 Å². The summed E-state index contributed by atoms with van der Waals surface area (Å²) in [6.45, 7) is 3.82. The minimum Gasteiger partial charge on any atom is -0.345 e. The van der Waals surface area contributed by atoms with Crippen LogP contribution < -0.4 is 5.32 Å². The number of nitrogens with zero attached hydrogens (tertiary/aromatic N) is 1. The van der Waals surface area contributed by atoms with Crippen LogP contribution in [0.3, 0.4) is 0 Å². The Morgan fingerprint density at radius 2 is 1.73 bits per heavy atom. The van der Waals surface area contributed by atoms with Crippen LogP contribution in [0.2, 0.25) is 0 Å². The lowest BCUT2D eigenvalue weighted by molar-refractivity contribution is -0.133. The van der Waals surface area contributed by atoms with E-state index < -0.39 is 0 Å². The van der Waals surface area contributed by atoms with Crippen molar-refractivity contribution >= 4 is 11.8 Å². The van der Waals surface area contributed by atoms with E-state index in [0.29, 0.717) is 11.5 Å². The van der Waals surface area contributed by atoms with E-state index in [0.717, 1.165) is 25.1 Å². The molecule has 1 fully saturated rings. The molecule has 1 N–H and O–H groups in total. The molecule has 1 aliphatic rings. The Labute approximate surface area is 155 Å². The zero-order valence-corrected chi connectivity index (χ0v) is 15.2. The van der Waals surface area contributed by atoms with Crippen molar-refractivity contribution in [1.82, 2.24) is 10.2 Å². The first-order valence-electron chi connectivity index (χ1n) is 9.32. The first-order valence-corrected chi connectivity index (χ1v) is 9.32. The Morgan fingerprint density at radius 3 is 2.38 bits per heavy atom. The zero-order valence-electron chi connectivity index (χ0n) is 15.2. The third-order valence-electron chi connectivity index (χ3n) is 4.93. The van der Waals surface area contributed by atoms with E-state index in [4.69, 9.17) is 0 Å². The van der Waals surface area contributed by atoms with E-state index in [1.807, 2.05) is 53.4 Å². The molecule has 2 atom stereocenters. The van der Waals surface area contributed by atoms with Crippen LogP contribution in [0.25, 0.3) is 0 Å². The Morgan fingerprint density at radius 1 is 1.08 bits per heavy atom. The summed E-state index contributed by atoms with van der Waals surface area (Å²) < 4.78 is 0. The highest BCUT2D eigenvalue weighted by Gasteiger charge is 2.25. The molecule has 0 bridgehead atoms. The van der Waals surface area contributed by atoms with E-state index in [1.165, 1.54) is 6.42 Å². The highest BCUT2D eigenvalue weighted by molar-refractivity contribution is 5.94. The lowest BCUT2D eigenvalue weighted by Gasteiger charge is -2.32. The smallest absolute Gasteiger partial charge is 0.251 e. The quantitative estimate of drug-likeness (QED) is 0.891. The molecular formula is C22H26N2O2. The number of carbonyl (C=O) groups is 2. The normalized spacial score (nSPS) is 18.2. The number of carbonyl (C=O) groups excluding carboxylic acids is 2. The first kappa shape index (κ1) is 18.2. The van der Waals surface area contributed by atoms with Gasteiger partial charge in [0.15, 0.2) is 0 Å². The molecule has 0 unspecified atom stereocenters. The van der Waals surface area contributed by atoms with Gasteiger partial charge in [-0.2, -0.15) is 0 Å². The van der Waals surface area contributed by atoms with Gasteiger partial charge < -0.3 is 10.2 Å². The highest BCUT2D eigenvalue weighted by Crippen LogP contribution is 2.22. The molecule has 0 radical (unpaired) electrons. The fraction of sp³-hybridized carbons (Fsp3) is 0.364. The highest BCUT2D eigenvalue weighted by atomic mass is 16.2. The third kappa shape index (κ3) is 4.72. The van der Waals surface area contributed by atoms with Crippen molar-refractivity contribution in [3.8, 4) is 0 Å². The molecule has 1 saturated heterocycles. The van der Waals surface area contributed by atoms with Crippen LogP contribution in [-0.2, 0) is 4.79 Å². The predicted molar refractivity (Wildman–Crippen MR) is 103 cm³/mol. The van der Waals surface area contributed by atoms with Gasteiger partial charge in [-0.3, -0.25) is 9.59 Å². The molecule has 3 rings (SSSR count). The molecule has 0 spiro atoms. The second-order valence-electron chi connectivity index (χ2n) is 7.09. The van der Waals surface area contributed by atoms with E-state index in [9.17, 15) is 9.59 Å². The lowest BCUT2D eigenvalue weighted by atomic mass is 9.98. The monoisotopic (exact) mass is 350 g/mol. The van der Waals surface area contributed by atoms with Crippen LogP contribution >= 0.6 is 0 Å². The van der Waals surface area contributed by atoms with Crippen molar-refractivity contribution in [3.63, 3.8) is 0 Å². The van der Waals surface area contributed by atoms with Crippen LogP contribution in [-0.4, -0.2) is 29.8 Å². The minimum atomic E-state index is -0.325. The summed E-state index contributed by atoms with van der Waals surface area (Å²) in [4.78, 5) is 27.4. The number of hydrogen-bond acceptors (Lipinski definition) is 2. The fourth-order valence-corrected chi connectivity index (χ4v) is 3.49. The summed E-state index contributed by atoms with van der Waals surface area (Å²) >= 11 is 0. The molecule has 1 aliphatic heterocycles. The topological polar surface area (TPSA) is 49.4 Å².